The van der Waals surface area contributed by atoms with E-state index in [0.29, 0.717) is 0 Å². The first-order chi connectivity index (χ1) is 12.1. The number of alkyl halides is 6. The summed E-state index contributed by atoms with van der Waals surface area (Å²) in [5.74, 6) is -6.12. The van der Waals surface area contributed by atoms with Gasteiger partial charge in [-0.2, -0.15) is 26.3 Å². The first-order valence-corrected chi connectivity index (χ1v) is 8.07. The Morgan fingerprint density at radius 3 is 1.67 bits per heavy atom. The van der Waals surface area contributed by atoms with Gasteiger partial charge in [0.2, 0.25) is 0 Å². The standard InChI is InChI=1S/C14H6F9NO2S/c15-9-1-2-10(12(17)11(9)16)27(25,26)24-8-4-6(13(18,19)20)3-7(5-8)14(21,22)23/h1-5,24H. The van der Waals surface area contributed by atoms with Gasteiger partial charge in [0.1, 0.15) is 4.90 Å². The maximum atomic E-state index is 13.6. The summed E-state index contributed by atoms with van der Waals surface area (Å²) in [6.07, 6.45) is -10.5. The Labute approximate surface area is 145 Å². The van der Waals surface area contributed by atoms with E-state index in [-0.39, 0.29) is 30.3 Å². The van der Waals surface area contributed by atoms with Crippen molar-refractivity contribution in [2.24, 2.45) is 0 Å². The van der Waals surface area contributed by atoms with Crippen molar-refractivity contribution in [3.8, 4) is 0 Å². The highest BCUT2D eigenvalue weighted by Gasteiger charge is 2.37. The average molecular weight is 423 g/mol. The summed E-state index contributed by atoms with van der Waals surface area (Å²) in [4.78, 5) is -1.51. The van der Waals surface area contributed by atoms with E-state index in [1.807, 2.05) is 0 Å². The summed E-state index contributed by atoms with van der Waals surface area (Å²) < 4.78 is 141. The maximum absolute atomic E-state index is 13.6. The van der Waals surface area contributed by atoms with E-state index in [1.165, 1.54) is 4.72 Å². The van der Waals surface area contributed by atoms with Gasteiger partial charge in [-0.15, -0.1) is 0 Å². The zero-order valence-corrected chi connectivity index (χ0v) is 13.3. The van der Waals surface area contributed by atoms with Crippen molar-refractivity contribution in [3.63, 3.8) is 0 Å². The third kappa shape index (κ3) is 4.46. The normalized spacial score (nSPS) is 12.9. The highest BCUT2D eigenvalue weighted by Crippen LogP contribution is 2.38. The van der Waals surface area contributed by atoms with Crippen LogP contribution in [0.1, 0.15) is 11.1 Å². The molecule has 2 aromatic rings. The molecule has 0 aromatic heterocycles. The van der Waals surface area contributed by atoms with Gasteiger partial charge < -0.3 is 0 Å². The fraction of sp³-hybridized carbons (Fsp3) is 0.143. The third-order valence-corrected chi connectivity index (χ3v) is 4.53. The molecule has 3 nitrogen and oxygen atoms in total. The molecule has 13 heteroatoms. The average Bonchev–Trinajstić information content (AvgIpc) is 2.50. The van der Waals surface area contributed by atoms with Crippen molar-refractivity contribution < 1.29 is 47.9 Å². The van der Waals surface area contributed by atoms with Crippen molar-refractivity contribution >= 4 is 15.7 Å². The van der Waals surface area contributed by atoms with E-state index >= 15 is 0 Å². The van der Waals surface area contributed by atoms with Crippen LogP contribution >= 0.6 is 0 Å². The SMILES string of the molecule is O=S(=O)(Nc1cc(C(F)(F)F)cc(C(F)(F)F)c1)c1ccc(F)c(F)c1F. The first kappa shape index (κ1) is 20.9. The Morgan fingerprint density at radius 2 is 1.22 bits per heavy atom. The molecule has 0 bridgehead atoms. The van der Waals surface area contributed by atoms with Crippen molar-refractivity contribution in [1.29, 1.82) is 0 Å². The van der Waals surface area contributed by atoms with Crippen molar-refractivity contribution in [1.82, 2.24) is 0 Å². The lowest BCUT2D eigenvalue weighted by Crippen LogP contribution is -2.18. The van der Waals surface area contributed by atoms with Crippen LogP contribution < -0.4 is 4.72 Å². The molecule has 0 fully saturated rings. The molecule has 0 aliphatic heterocycles. The quantitative estimate of drug-likeness (QED) is 0.562. The molecule has 0 atom stereocenters. The van der Waals surface area contributed by atoms with E-state index in [1.54, 1.807) is 0 Å². The minimum Gasteiger partial charge on any atom is -0.280 e. The smallest absolute Gasteiger partial charge is 0.280 e. The number of benzene rings is 2. The largest absolute Gasteiger partial charge is 0.416 e. The Bertz CT molecular complexity index is 949. The Morgan fingerprint density at radius 1 is 0.741 bits per heavy atom. The van der Waals surface area contributed by atoms with Gasteiger partial charge in [-0.05, 0) is 30.3 Å². The second-order valence-corrected chi connectivity index (χ2v) is 6.72. The highest BCUT2D eigenvalue weighted by molar-refractivity contribution is 7.92. The van der Waals surface area contributed by atoms with Crippen LogP contribution in [-0.4, -0.2) is 8.42 Å². The van der Waals surface area contributed by atoms with Crippen molar-refractivity contribution in [2.45, 2.75) is 17.2 Å². The van der Waals surface area contributed by atoms with Crippen LogP contribution in [0.25, 0.3) is 0 Å². The molecule has 0 aliphatic rings. The lowest BCUT2D eigenvalue weighted by atomic mass is 10.1. The topological polar surface area (TPSA) is 46.2 Å². The van der Waals surface area contributed by atoms with Crippen molar-refractivity contribution in [2.75, 3.05) is 4.72 Å². The van der Waals surface area contributed by atoms with Crippen LogP contribution in [0.2, 0.25) is 0 Å². The van der Waals surface area contributed by atoms with Crippen LogP contribution in [0, 0.1) is 17.5 Å². The molecule has 2 rings (SSSR count). The number of hydrogen-bond donors (Lipinski definition) is 1. The highest BCUT2D eigenvalue weighted by atomic mass is 32.2. The Hall–Kier alpha value is -2.44. The molecular weight excluding hydrogens is 417 g/mol. The summed E-state index contributed by atoms with van der Waals surface area (Å²) in [6.45, 7) is 0. The number of hydrogen-bond acceptors (Lipinski definition) is 2. The second kappa shape index (κ2) is 6.62. The number of nitrogens with one attached hydrogen (secondary N) is 1. The molecular formula is C14H6F9NO2S. The summed E-state index contributed by atoms with van der Waals surface area (Å²) >= 11 is 0. The summed E-state index contributed by atoms with van der Waals surface area (Å²) in [5, 5.41) is 0. The summed E-state index contributed by atoms with van der Waals surface area (Å²) in [5.41, 5.74) is -4.87. The predicted molar refractivity (Wildman–Crippen MR) is 73.6 cm³/mol. The van der Waals surface area contributed by atoms with E-state index in [2.05, 4.69) is 0 Å². The van der Waals surface area contributed by atoms with Gasteiger partial charge in [-0.25, -0.2) is 21.6 Å². The molecule has 148 valence electrons. The molecule has 0 amide bonds. The summed E-state index contributed by atoms with van der Waals surface area (Å²) in [7, 11) is -5.17. The first-order valence-electron chi connectivity index (χ1n) is 6.59. The third-order valence-electron chi connectivity index (χ3n) is 3.13. The van der Waals surface area contributed by atoms with E-state index in [0.717, 1.165) is 0 Å². The predicted octanol–water partition coefficient (Wildman–Crippen LogP) is 4.94. The van der Waals surface area contributed by atoms with E-state index in [4.69, 9.17) is 0 Å². The van der Waals surface area contributed by atoms with Gasteiger partial charge in [-0.3, -0.25) is 4.72 Å². The minimum absolute atomic E-state index is 0.0323. The molecule has 27 heavy (non-hydrogen) atoms. The van der Waals surface area contributed by atoms with Gasteiger partial charge in [0.05, 0.1) is 16.8 Å². The van der Waals surface area contributed by atoms with Gasteiger partial charge >= 0.3 is 12.4 Å². The number of halogens is 9. The molecule has 0 radical (unpaired) electrons. The lowest BCUT2D eigenvalue weighted by Gasteiger charge is -2.15. The lowest BCUT2D eigenvalue weighted by molar-refractivity contribution is -0.143. The van der Waals surface area contributed by atoms with Gasteiger partial charge in [0.15, 0.2) is 17.5 Å². The molecule has 0 aliphatic carbocycles. The fourth-order valence-electron chi connectivity index (χ4n) is 1.94. The van der Waals surface area contributed by atoms with Crippen LogP contribution in [0.3, 0.4) is 0 Å². The van der Waals surface area contributed by atoms with Crippen LogP contribution in [0.5, 0.6) is 0 Å². The Kier molecular flexibility index (Phi) is 5.12. The molecule has 2 aromatic carbocycles. The van der Waals surface area contributed by atoms with E-state index < -0.39 is 61.5 Å². The molecule has 0 saturated carbocycles. The molecule has 0 heterocycles. The van der Waals surface area contributed by atoms with Gasteiger partial charge in [-0.1, -0.05) is 0 Å². The molecule has 0 spiro atoms. The van der Waals surface area contributed by atoms with Gasteiger partial charge in [0, 0.05) is 0 Å². The molecule has 0 unspecified atom stereocenters. The minimum atomic E-state index is -5.26. The maximum Gasteiger partial charge on any atom is 0.416 e. The Balaban J connectivity index is 2.57. The molecule has 0 saturated heterocycles. The van der Waals surface area contributed by atoms with E-state index in [9.17, 15) is 47.9 Å². The zero-order valence-electron chi connectivity index (χ0n) is 12.5. The van der Waals surface area contributed by atoms with Crippen LogP contribution in [0.4, 0.5) is 45.2 Å². The number of anilines is 1. The number of sulfonamides is 1. The van der Waals surface area contributed by atoms with Crippen molar-refractivity contribution in [3.05, 3.63) is 58.9 Å². The second-order valence-electron chi connectivity index (χ2n) is 5.07. The van der Waals surface area contributed by atoms with Crippen LogP contribution in [-0.2, 0) is 22.4 Å². The summed E-state index contributed by atoms with van der Waals surface area (Å²) in [6, 6.07) is 0.291. The zero-order chi connectivity index (χ0) is 20.8. The van der Waals surface area contributed by atoms with Crippen LogP contribution in [0.15, 0.2) is 35.2 Å². The van der Waals surface area contributed by atoms with Gasteiger partial charge in [0.25, 0.3) is 10.0 Å². The monoisotopic (exact) mass is 423 g/mol. The fourth-order valence-corrected chi connectivity index (χ4v) is 3.05. The number of rotatable bonds is 3. The molecule has 1 N–H and O–H groups in total.